The molecule has 1 saturated heterocycles. The number of halogens is 2. The van der Waals surface area contributed by atoms with Crippen molar-refractivity contribution in [2.24, 2.45) is 10.3 Å². The average Bonchev–Trinajstić information content (AvgIpc) is 3.21. The fourth-order valence-corrected chi connectivity index (χ4v) is 5.33. The van der Waals surface area contributed by atoms with Gasteiger partial charge in [0.15, 0.2) is 5.69 Å². The molecule has 2 heterocycles. The van der Waals surface area contributed by atoms with E-state index < -0.39 is 31.3 Å². The van der Waals surface area contributed by atoms with Crippen LogP contribution >= 0.6 is 11.6 Å². The molecule has 0 saturated carbocycles. The molecule has 0 spiro atoms. The van der Waals surface area contributed by atoms with Gasteiger partial charge in [-0.15, -0.1) is 0 Å². The maximum absolute atomic E-state index is 13.3. The van der Waals surface area contributed by atoms with Crippen LogP contribution in [0.4, 0.5) is 10.1 Å². The number of hydrogen-bond donors (Lipinski definition) is 4. The molecule has 1 fully saturated rings. The van der Waals surface area contributed by atoms with Gasteiger partial charge in [0.05, 0.1) is 16.8 Å². The van der Waals surface area contributed by atoms with Crippen molar-refractivity contribution in [1.29, 1.82) is 0 Å². The number of benzene rings is 1. The summed E-state index contributed by atoms with van der Waals surface area (Å²) < 4.78 is 69.3. The Bertz CT molecular complexity index is 1210. The lowest BCUT2D eigenvalue weighted by molar-refractivity contribution is 0.300. The van der Waals surface area contributed by atoms with Crippen LogP contribution in [0.1, 0.15) is 24.2 Å². The van der Waals surface area contributed by atoms with Crippen LogP contribution in [0, 0.1) is 5.82 Å². The standard InChI is InChI=1S/C15H19ClFN7O6S2/c16-11-7-9(1-2-12(11)17)20-15(21-25)14-13(22-30-23-14)8-19-31(26,27)10-3-5-24(6-4-10)32(18,28)29/h1-2,7,10,19,25H,3-6,8H2,(H,20,21)(H2,18,28,29). The number of piperidine rings is 1. The van der Waals surface area contributed by atoms with Crippen molar-refractivity contribution in [3.8, 4) is 0 Å². The maximum atomic E-state index is 13.3. The smallest absolute Gasteiger partial charge is 0.276 e. The van der Waals surface area contributed by atoms with E-state index in [2.05, 4.69) is 30.1 Å². The topological polar surface area (TPSA) is 193 Å². The number of nitrogens with one attached hydrogen (secondary N) is 2. The predicted octanol–water partition coefficient (Wildman–Crippen LogP) is 0.197. The molecule has 0 unspecified atom stereocenters. The van der Waals surface area contributed by atoms with E-state index >= 15 is 0 Å². The zero-order valence-corrected chi connectivity index (χ0v) is 18.7. The van der Waals surface area contributed by atoms with Gasteiger partial charge in [-0.05, 0) is 36.2 Å². The van der Waals surface area contributed by atoms with E-state index in [4.69, 9.17) is 16.7 Å². The predicted molar refractivity (Wildman–Crippen MR) is 111 cm³/mol. The van der Waals surface area contributed by atoms with Gasteiger partial charge in [0.2, 0.25) is 15.9 Å². The maximum Gasteiger partial charge on any atom is 0.276 e. The number of aromatic nitrogens is 2. The highest BCUT2D eigenvalue weighted by Gasteiger charge is 2.33. The summed E-state index contributed by atoms with van der Waals surface area (Å²) in [4.78, 5) is 0. The first-order valence-electron chi connectivity index (χ1n) is 9.03. The van der Waals surface area contributed by atoms with E-state index in [1.54, 1.807) is 0 Å². The Hall–Kier alpha value is -2.37. The first kappa shape index (κ1) is 24.3. The molecule has 1 aliphatic rings. The molecular formula is C15H19ClFN7O6S2. The zero-order chi connectivity index (χ0) is 23.5. The van der Waals surface area contributed by atoms with Crippen LogP contribution in [0.25, 0.3) is 0 Å². The third kappa shape index (κ3) is 5.70. The Labute approximate surface area is 187 Å². The van der Waals surface area contributed by atoms with E-state index in [-0.39, 0.29) is 60.4 Å². The third-order valence-electron chi connectivity index (χ3n) is 4.70. The highest BCUT2D eigenvalue weighted by molar-refractivity contribution is 7.90. The van der Waals surface area contributed by atoms with Crippen molar-refractivity contribution in [1.82, 2.24) is 19.3 Å². The lowest BCUT2D eigenvalue weighted by Gasteiger charge is -2.29. The number of rotatable bonds is 7. The summed E-state index contributed by atoms with van der Waals surface area (Å²) in [5.41, 5.74) is 0.170. The molecule has 0 bridgehead atoms. The van der Waals surface area contributed by atoms with Crippen LogP contribution in [0.15, 0.2) is 28.0 Å². The Morgan fingerprint density at radius 1 is 1.31 bits per heavy atom. The van der Waals surface area contributed by atoms with Gasteiger partial charge in [0.1, 0.15) is 11.5 Å². The van der Waals surface area contributed by atoms with Crippen molar-refractivity contribution >= 4 is 43.4 Å². The summed E-state index contributed by atoms with van der Waals surface area (Å²) in [6, 6.07) is 3.67. The van der Waals surface area contributed by atoms with Crippen molar-refractivity contribution in [3.05, 3.63) is 40.4 Å². The number of sulfonamides is 1. The average molecular weight is 512 g/mol. The molecule has 1 aliphatic heterocycles. The molecule has 2 aromatic rings. The lowest BCUT2D eigenvalue weighted by Crippen LogP contribution is -2.47. The zero-order valence-electron chi connectivity index (χ0n) is 16.3. The first-order valence-corrected chi connectivity index (χ1v) is 12.5. The molecule has 0 atom stereocenters. The number of hydrogen-bond acceptors (Lipinski definition) is 9. The van der Waals surface area contributed by atoms with E-state index in [0.29, 0.717) is 0 Å². The minimum absolute atomic E-state index is 0.00376. The van der Waals surface area contributed by atoms with E-state index in [1.165, 1.54) is 12.1 Å². The first-order chi connectivity index (χ1) is 15.0. The van der Waals surface area contributed by atoms with Gasteiger partial charge in [-0.3, -0.25) is 0 Å². The highest BCUT2D eigenvalue weighted by Crippen LogP contribution is 2.21. The van der Waals surface area contributed by atoms with Crippen LogP contribution in [0.5, 0.6) is 0 Å². The molecular weight excluding hydrogens is 493 g/mol. The second kappa shape index (κ2) is 9.63. The van der Waals surface area contributed by atoms with Crippen LogP contribution in [0.3, 0.4) is 0 Å². The SMILES string of the molecule is NS(=O)(=O)N1CCC(S(=O)(=O)NCc2nonc2/C(=N/O)Nc2ccc(F)c(Cl)c2)CC1. The summed E-state index contributed by atoms with van der Waals surface area (Å²) in [6.45, 7) is -0.388. The highest BCUT2D eigenvalue weighted by atomic mass is 35.5. The van der Waals surface area contributed by atoms with Gasteiger partial charge in [0, 0.05) is 18.8 Å². The summed E-state index contributed by atoms with van der Waals surface area (Å²) in [6.07, 6.45) is 0.123. The molecule has 17 heteroatoms. The molecule has 3 rings (SSSR count). The van der Waals surface area contributed by atoms with Gasteiger partial charge in [-0.25, -0.2) is 27.3 Å². The summed E-state index contributed by atoms with van der Waals surface area (Å²) in [7, 11) is -7.73. The normalized spacial score (nSPS) is 16.9. The summed E-state index contributed by atoms with van der Waals surface area (Å²) in [5.74, 6) is -0.891. The number of oxime groups is 1. The summed E-state index contributed by atoms with van der Waals surface area (Å²) in [5, 5.41) is 26.3. The monoisotopic (exact) mass is 511 g/mol. The number of anilines is 1. The molecule has 5 N–H and O–H groups in total. The van der Waals surface area contributed by atoms with E-state index in [0.717, 1.165) is 10.4 Å². The second-order valence-electron chi connectivity index (χ2n) is 6.77. The molecule has 176 valence electrons. The van der Waals surface area contributed by atoms with E-state index in [1.807, 2.05) is 0 Å². The molecule has 32 heavy (non-hydrogen) atoms. The number of amidine groups is 1. The van der Waals surface area contributed by atoms with Crippen LogP contribution in [-0.2, 0) is 26.8 Å². The molecule has 0 aliphatic carbocycles. The number of nitrogens with zero attached hydrogens (tertiary/aromatic N) is 4. The fourth-order valence-electron chi connectivity index (χ4n) is 3.03. The Morgan fingerprint density at radius 3 is 2.59 bits per heavy atom. The van der Waals surface area contributed by atoms with Gasteiger partial charge in [-0.1, -0.05) is 21.9 Å². The van der Waals surface area contributed by atoms with Crippen molar-refractivity contribution < 1.29 is 31.1 Å². The lowest BCUT2D eigenvalue weighted by atomic mass is 10.2. The number of nitrogens with two attached hydrogens (primary N) is 1. The largest absolute Gasteiger partial charge is 0.409 e. The molecule has 0 radical (unpaired) electrons. The minimum atomic E-state index is -3.88. The van der Waals surface area contributed by atoms with Gasteiger partial charge in [-0.2, -0.15) is 12.7 Å². The third-order valence-corrected chi connectivity index (χ3v) is 7.97. The van der Waals surface area contributed by atoms with Crippen LogP contribution in [-0.4, -0.2) is 60.8 Å². The van der Waals surface area contributed by atoms with E-state index in [9.17, 15) is 26.4 Å². The molecule has 13 nitrogen and oxygen atoms in total. The van der Waals surface area contributed by atoms with Crippen LogP contribution < -0.4 is 15.2 Å². The molecule has 1 aromatic heterocycles. The second-order valence-corrected chi connectivity index (χ2v) is 10.8. The Balaban J connectivity index is 1.67. The van der Waals surface area contributed by atoms with Gasteiger partial charge in [0.25, 0.3) is 10.2 Å². The molecule has 1 aromatic carbocycles. The van der Waals surface area contributed by atoms with Crippen molar-refractivity contribution in [2.75, 3.05) is 18.4 Å². The van der Waals surface area contributed by atoms with Gasteiger partial charge < -0.3 is 10.5 Å². The summed E-state index contributed by atoms with van der Waals surface area (Å²) >= 11 is 5.72. The Morgan fingerprint density at radius 2 is 2.00 bits per heavy atom. The fraction of sp³-hybridized carbons (Fsp3) is 0.400. The van der Waals surface area contributed by atoms with Crippen molar-refractivity contribution in [3.63, 3.8) is 0 Å². The van der Waals surface area contributed by atoms with Gasteiger partial charge >= 0.3 is 0 Å². The minimum Gasteiger partial charge on any atom is -0.409 e. The molecule has 0 amide bonds. The van der Waals surface area contributed by atoms with Crippen molar-refractivity contribution in [2.45, 2.75) is 24.6 Å². The quantitative estimate of drug-likeness (QED) is 0.174. The Kier molecular flexibility index (Phi) is 7.31. The van der Waals surface area contributed by atoms with Crippen LogP contribution in [0.2, 0.25) is 5.02 Å².